The minimum atomic E-state index is -4.53. The first kappa shape index (κ1) is 22.9. The molecule has 1 saturated heterocycles. The fourth-order valence-electron chi connectivity index (χ4n) is 4.08. The van der Waals surface area contributed by atoms with Gasteiger partial charge in [-0.3, -0.25) is 4.79 Å². The van der Waals surface area contributed by atoms with Gasteiger partial charge in [0.25, 0.3) is 5.91 Å². The highest BCUT2D eigenvalue weighted by Crippen LogP contribution is 2.32. The number of hydrogen-bond acceptors (Lipinski definition) is 5. The van der Waals surface area contributed by atoms with E-state index in [1.165, 1.54) is 19.1 Å². The summed E-state index contributed by atoms with van der Waals surface area (Å²) in [5, 5.41) is 7.42. The molecule has 180 valence electrons. The molecule has 0 radical (unpaired) electrons. The fourth-order valence-corrected chi connectivity index (χ4v) is 4.08. The van der Waals surface area contributed by atoms with Crippen molar-refractivity contribution >= 4 is 23.1 Å². The largest absolute Gasteiger partial charge is 0.416 e. The number of aromatic nitrogens is 3. The third kappa shape index (κ3) is 4.69. The van der Waals surface area contributed by atoms with E-state index in [0.717, 1.165) is 36.2 Å². The second kappa shape index (κ2) is 9.03. The Labute approximate surface area is 199 Å². The lowest BCUT2D eigenvalue weighted by Gasteiger charge is -2.26. The van der Waals surface area contributed by atoms with Gasteiger partial charge in [0.15, 0.2) is 11.5 Å². The number of amides is 1. The van der Waals surface area contributed by atoms with Gasteiger partial charge in [-0.1, -0.05) is 18.2 Å². The predicted octanol–water partition coefficient (Wildman–Crippen LogP) is 4.81. The van der Waals surface area contributed by atoms with Gasteiger partial charge in [-0.25, -0.2) is 9.50 Å². The van der Waals surface area contributed by atoms with Crippen LogP contribution >= 0.6 is 0 Å². The van der Waals surface area contributed by atoms with Crippen LogP contribution in [0, 0.1) is 6.92 Å². The van der Waals surface area contributed by atoms with Crippen LogP contribution in [-0.2, 0) is 10.9 Å². The lowest BCUT2D eigenvalue weighted by atomic mass is 10.0. The number of carbonyl (C=O) groups is 1. The molecule has 0 saturated carbocycles. The number of anilines is 2. The van der Waals surface area contributed by atoms with Crippen LogP contribution in [0.3, 0.4) is 0 Å². The SMILES string of the molecule is Cc1ccc(C(=O)Nc2cccc(-c3ccnc4cc(N5CCOCC5)nn34)c2)cc1C(F)(F)F. The minimum Gasteiger partial charge on any atom is -0.378 e. The summed E-state index contributed by atoms with van der Waals surface area (Å²) in [5.41, 5.74) is 1.83. The molecule has 4 aromatic rings. The molecule has 0 spiro atoms. The van der Waals surface area contributed by atoms with E-state index in [9.17, 15) is 18.0 Å². The molecule has 0 atom stereocenters. The van der Waals surface area contributed by atoms with E-state index < -0.39 is 17.6 Å². The molecular formula is C25H22F3N5O2. The first-order valence-corrected chi connectivity index (χ1v) is 11.1. The fraction of sp³-hybridized carbons (Fsp3) is 0.240. The molecule has 1 fully saturated rings. The molecule has 3 heterocycles. The van der Waals surface area contributed by atoms with Crippen molar-refractivity contribution in [2.24, 2.45) is 0 Å². The van der Waals surface area contributed by atoms with Gasteiger partial charge in [0.05, 0.1) is 24.5 Å². The van der Waals surface area contributed by atoms with Gasteiger partial charge in [-0.2, -0.15) is 13.2 Å². The number of rotatable bonds is 4. The minimum absolute atomic E-state index is 0.0634. The van der Waals surface area contributed by atoms with Crippen LogP contribution in [0.1, 0.15) is 21.5 Å². The van der Waals surface area contributed by atoms with E-state index in [2.05, 4.69) is 15.2 Å². The van der Waals surface area contributed by atoms with Gasteiger partial charge in [-0.15, -0.1) is 5.10 Å². The molecular weight excluding hydrogens is 459 g/mol. The third-order valence-corrected chi connectivity index (χ3v) is 5.90. The topological polar surface area (TPSA) is 71.8 Å². The Morgan fingerprint density at radius 2 is 1.86 bits per heavy atom. The predicted molar refractivity (Wildman–Crippen MR) is 126 cm³/mol. The van der Waals surface area contributed by atoms with Crippen molar-refractivity contribution in [2.75, 3.05) is 36.5 Å². The van der Waals surface area contributed by atoms with E-state index in [1.54, 1.807) is 28.9 Å². The Hall–Kier alpha value is -3.92. The molecule has 35 heavy (non-hydrogen) atoms. The maximum Gasteiger partial charge on any atom is 0.416 e. The highest BCUT2D eigenvalue weighted by molar-refractivity contribution is 6.04. The smallest absolute Gasteiger partial charge is 0.378 e. The van der Waals surface area contributed by atoms with E-state index in [4.69, 9.17) is 9.84 Å². The van der Waals surface area contributed by atoms with Gasteiger partial charge in [-0.05, 0) is 42.8 Å². The highest BCUT2D eigenvalue weighted by Gasteiger charge is 2.33. The van der Waals surface area contributed by atoms with Crippen molar-refractivity contribution in [1.82, 2.24) is 14.6 Å². The maximum atomic E-state index is 13.3. The molecule has 1 aliphatic heterocycles. The molecule has 1 aliphatic rings. The monoisotopic (exact) mass is 481 g/mol. The molecule has 5 rings (SSSR count). The van der Waals surface area contributed by atoms with Crippen molar-refractivity contribution in [3.05, 3.63) is 77.5 Å². The van der Waals surface area contributed by atoms with Crippen molar-refractivity contribution in [3.63, 3.8) is 0 Å². The zero-order chi connectivity index (χ0) is 24.6. The summed E-state index contributed by atoms with van der Waals surface area (Å²) in [6.07, 6.45) is -2.84. The summed E-state index contributed by atoms with van der Waals surface area (Å²) in [7, 11) is 0. The lowest BCUT2D eigenvalue weighted by molar-refractivity contribution is -0.138. The van der Waals surface area contributed by atoms with Gasteiger partial charge in [0, 0.05) is 42.2 Å². The lowest BCUT2D eigenvalue weighted by Crippen LogP contribution is -2.36. The van der Waals surface area contributed by atoms with Crippen molar-refractivity contribution in [1.29, 1.82) is 0 Å². The number of ether oxygens (including phenoxy) is 1. The summed E-state index contributed by atoms with van der Waals surface area (Å²) in [6.45, 7) is 4.14. The van der Waals surface area contributed by atoms with Crippen LogP contribution in [0.15, 0.2) is 60.8 Å². The second-order valence-corrected chi connectivity index (χ2v) is 8.26. The average molecular weight is 481 g/mol. The van der Waals surface area contributed by atoms with Crippen molar-refractivity contribution < 1.29 is 22.7 Å². The standard InChI is InChI=1S/C25H22F3N5O2/c1-16-5-6-18(14-20(16)25(26,27)28)24(34)30-19-4-2-3-17(13-19)21-7-8-29-22-15-23(31-33(21)22)32-9-11-35-12-10-32/h2-8,13-15H,9-12H2,1H3,(H,30,34). The third-order valence-electron chi connectivity index (χ3n) is 5.90. The van der Waals surface area contributed by atoms with Crippen LogP contribution in [0.5, 0.6) is 0 Å². The summed E-state index contributed by atoms with van der Waals surface area (Å²) < 4.78 is 46.9. The summed E-state index contributed by atoms with van der Waals surface area (Å²) in [6, 6.07) is 14.3. The van der Waals surface area contributed by atoms with Crippen LogP contribution in [-0.4, -0.2) is 46.8 Å². The van der Waals surface area contributed by atoms with Crippen LogP contribution in [0.2, 0.25) is 0 Å². The molecule has 1 N–H and O–H groups in total. The molecule has 2 aromatic carbocycles. The Balaban J connectivity index is 1.43. The number of morpholine rings is 1. The molecule has 0 bridgehead atoms. The van der Waals surface area contributed by atoms with Crippen LogP contribution in [0.4, 0.5) is 24.7 Å². The number of fused-ring (bicyclic) bond motifs is 1. The first-order valence-electron chi connectivity index (χ1n) is 11.1. The van der Waals surface area contributed by atoms with Gasteiger partial charge >= 0.3 is 6.18 Å². The quantitative estimate of drug-likeness (QED) is 0.453. The maximum absolute atomic E-state index is 13.3. The molecule has 10 heteroatoms. The van der Waals surface area contributed by atoms with Crippen molar-refractivity contribution in [3.8, 4) is 11.3 Å². The number of alkyl halides is 3. The Kier molecular flexibility index (Phi) is 5.89. The number of benzene rings is 2. The molecule has 2 aromatic heterocycles. The Bertz CT molecular complexity index is 1390. The van der Waals surface area contributed by atoms with Gasteiger partial charge in [0.2, 0.25) is 0 Å². The molecule has 0 unspecified atom stereocenters. The average Bonchev–Trinajstić information content (AvgIpc) is 3.29. The Morgan fingerprint density at radius 3 is 2.63 bits per heavy atom. The van der Waals surface area contributed by atoms with E-state index in [1.807, 2.05) is 18.2 Å². The number of aryl methyl sites for hydroxylation is 1. The number of halogens is 3. The summed E-state index contributed by atoms with van der Waals surface area (Å²) in [5.74, 6) is 0.179. The van der Waals surface area contributed by atoms with E-state index in [-0.39, 0.29) is 11.1 Å². The summed E-state index contributed by atoms with van der Waals surface area (Å²) in [4.78, 5) is 19.3. The summed E-state index contributed by atoms with van der Waals surface area (Å²) >= 11 is 0. The number of hydrogen-bond donors (Lipinski definition) is 1. The van der Waals surface area contributed by atoms with E-state index in [0.29, 0.717) is 24.5 Å². The van der Waals surface area contributed by atoms with Gasteiger partial charge in [0.1, 0.15) is 0 Å². The molecule has 1 amide bonds. The number of nitrogens with one attached hydrogen (secondary N) is 1. The van der Waals surface area contributed by atoms with Crippen LogP contribution in [0.25, 0.3) is 16.9 Å². The van der Waals surface area contributed by atoms with E-state index >= 15 is 0 Å². The Morgan fingerprint density at radius 1 is 1.06 bits per heavy atom. The molecule has 7 nitrogen and oxygen atoms in total. The molecule has 0 aliphatic carbocycles. The number of carbonyl (C=O) groups excluding carboxylic acids is 1. The zero-order valence-electron chi connectivity index (χ0n) is 18.8. The zero-order valence-corrected chi connectivity index (χ0v) is 18.8. The van der Waals surface area contributed by atoms with Gasteiger partial charge < -0.3 is 15.0 Å². The number of nitrogens with zero attached hydrogens (tertiary/aromatic N) is 4. The normalized spacial score (nSPS) is 14.3. The second-order valence-electron chi connectivity index (χ2n) is 8.26. The van der Waals surface area contributed by atoms with Crippen molar-refractivity contribution in [2.45, 2.75) is 13.1 Å². The first-order chi connectivity index (χ1) is 16.8. The highest BCUT2D eigenvalue weighted by atomic mass is 19.4. The van der Waals surface area contributed by atoms with Crippen LogP contribution < -0.4 is 10.2 Å².